The number of anilines is 1. The number of nitrogens with zero attached hydrogens (tertiary/aromatic N) is 4. The third-order valence-electron chi connectivity index (χ3n) is 6.46. The molecule has 5 rings (SSSR count). The summed E-state index contributed by atoms with van der Waals surface area (Å²) in [6.45, 7) is 6.09. The molecule has 3 aromatic rings. The fraction of sp³-hybridized carbons (Fsp3) is 0.308. The van der Waals surface area contributed by atoms with Crippen molar-refractivity contribution in [3.63, 3.8) is 0 Å². The van der Waals surface area contributed by atoms with Gasteiger partial charge in [-0.3, -0.25) is 18.9 Å². The van der Waals surface area contributed by atoms with Crippen LogP contribution in [0, 0.1) is 12.8 Å². The van der Waals surface area contributed by atoms with Gasteiger partial charge in [-0.25, -0.2) is 4.98 Å². The van der Waals surface area contributed by atoms with E-state index in [9.17, 15) is 9.59 Å². The number of aromatic nitrogens is 2. The Kier molecular flexibility index (Phi) is 6.70. The fourth-order valence-corrected chi connectivity index (χ4v) is 6.05. The van der Waals surface area contributed by atoms with Gasteiger partial charge in [-0.05, 0) is 55.0 Å². The van der Waals surface area contributed by atoms with Crippen molar-refractivity contribution in [3.05, 3.63) is 79.6 Å². The number of benzene rings is 1. The fourth-order valence-electron chi connectivity index (χ4n) is 4.61. The minimum absolute atomic E-state index is 0.191. The number of piperidine rings is 1. The van der Waals surface area contributed by atoms with Gasteiger partial charge in [-0.15, -0.1) is 0 Å². The summed E-state index contributed by atoms with van der Waals surface area (Å²) in [4.78, 5) is 36.1. The SMILES string of the molecule is Cc1cccn2c(=O)c(/C=C3/SC(=S)N(Cc4ccccc4Cl)C3=O)c(N3CCCC(C)C3)nc12. The molecule has 1 aromatic carbocycles. The number of carbonyl (C=O) groups is 1. The van der Waals surface area contributed by atoms with Crippen molar-refractivity contribution in [2.75, 3.05) is 18.0 Å². The largest absolute Gasteiger partial charge is 0.356 e. The zero-order valence-electron chi connectivity index (χ0n) is 19.5. The standard InChI is InChI=1S/C26H25ClN4O2S2/c1-16-7-5-11-29(14-16)23-19(24(32)30-12-6-8-17(2)22(30)28-23)13-21-25(33)31(26(34)35-21)15-18-9-3-4-10-20(18)27/h3-4,6,8-10,12-13,16H,5,7,11,14-15H2,1-2H3/b21-13+. The highest BCUT2D eigenvalue weighted by Gasteiger charge is 2.33. The van der Waals surface area contributed by atoms with Gasteiger partial charge >= 0.3 is 0 Å². The molecule has 2 saturated heterocycles. The lowest BCUT2D eigenvalue weighted by molar-refractivity contribution is -0.122. The molecule has 0 N–H and O–H groups in total. The van der Waals surface area contributed by atoms with Crippen LogP contribution in [0.3, 0.4) is 0 Å². The Hall–Kier alpha value is -2.68. The molecule has 0 radical (unpaired) electrons. The van der Waals surface area contributed by atoms with Crippen LogP contribution in [0.4, 0.5) is 5.82 Å². The molecule has 2 aromatic heterocycles. The van der Waals surface area contributed by atoms with Crippen LogP contribution < -0.4 is 10.5 Å². The van der Waals surface area contributed by atoms with Gasteiger partial charge in [0.25, 0.3) is 11.5 Å². The van der Waals surface area contributed by atoms with Gasteiger partial charge in [0, 0.05) is 24.3 Å². The third kappa shape index (κ3) is 4.62. The summed E-state index contributed by atoms with van der Waals surface area (Å²) >= 11 is 13.0. The zero-order chi connectivity index (χ0) is 24.7. The molecule has 1 atom stereocenters. The molecule has 6 nitrogen and oxygen atoms in total. The quantitative estimate of drug-likeness (QED) is 0.341. The molecule has 9 heteroatoms. The highest BCUT2D eigenvalue weighted by molar-refractivity contribution is 8.26. The second kappa shape index (κ2) is 9.76. The Bertz CT molecular complexity index is 1430. The highest BCUT2D eigenvalue weighted by Crippen LogP contribution is 2.35. The smallest absolute Gasteiger partial charge is 0.267 e. The summed E-state index contributed by atoms with van der Waals surface area (Å²) in [5, 5.41) is 0.583. The number of halogens is 1. The summed E-state index contributed by atoms with van der Waals surface area (Å²) < 4.78 is 2.00. The van der Waals surface area contributed by atoms with Crippen LogP contribution in [0.15, 0.2) is 52.3 Å². The maximum absolute atomic E-state index is 13.7. The predicted octanol–water partition coefficient (Wildman–Crippen LogP) is 5.29. The van der Waals surface area contributed by atoms with Gasteiger partial charge in [0.1, 0.15) is 15.8 Å². The summed E-state index contributed by atoms with van der Waals surface area (Å²) in [5.74, 6) is 0.904. The van der Waals surface area contributed by atoms with Crippen LogP contribution >= 0.6 is 35.6 Å². The second-order valence-corrected chi connectivity index (χ2v) is 11.2. The Labute approximate surface area is 218 Å². The van der Waals surface area contributed by atoms with Gasteiger partial charge in [0.2, 0.25) is 0 Å². The van der Waals surface area contributed by atoms with E-state index in [0.717, 1.165) is 37.1 Å². The highest BCUT2D eigenvalue weighted by atomic mass is 35.5. The van der Waals surface area contributed by atoms with Crippen molar-refractivity contribution in [3.8, 4) is 0 Å². The minimum atomic E-state index is -0.230. The Balaban J connectivity index is 1.59. The Morgan fingerprint density at radius 3 is 2.80 bits per heavy atom. The van der Waals surface area contributed by atoms with E-state index in [1.807, 2.05) is 37.3 Å². The molecule has 1 unspecified atom stereocenters. The number of fused-ring (bicyclic) bond motifs is 1. The van der Waals surface area contributed by atoms with E-state index in [1.165, 1.54) is 16.7 Å². The van der Waals surface area contributed by atoms with E-state index in [4.69, 9.17) is 28.8 Å². The normalized spacial score (nSPS) is 19.9. The molecule has 4 heterocycles. The monoisotopic (exact) mass is 524 g/mol. The molecular weight excluding hydrogens is 500 g/mol. The van der Waals surface area contributed by atoms with E-state index in [-0.39, 0.29) is 18.0 Å². The third-order valence-corrected chi connectivity index (χ3v) is 8.20. The van der Waals surface area contributed by atoms with Crippen LogP contribution in [-0.2, 0) is 11.3 Å². The maximum atomic E-state index is 13.7. The molecule has 0 spiro atoms. The number of pyridine rings is 1. The maximum Gasteiger partial charge on any atom is 0.267 e. The van der Waals surface area contributed by atoms with Crippen LogP contribution in [0.5, 0.6) is 0 Å². The van der Waals surface area contributed by atoms with Gasteiger partial charge in [-0.2, -0.15) is 0 Å². The first kappa shape index (κ1) is 24.0. The number of hydrogen-bond donors (Lipinski definition) is 0. The number of thiocarbonyl (C=S) groups is 1. The molecular formula is C26H25ClN4O2S2. The molecule has 1 amide bonds. The van der Waals surface area contributed by atoms with Crippen LogP contribution in [0.1, 0.15) is 36.5 Å². The first-order valence-corrected chi connectivity index (χ1v) is 13.2. The Morgan fingerprint density at radius 2 is 2.03 bits per heavy atom. The first-order chi connectivity index (χ1) is 16.8. The van der Waals surface area contributed by atoms with E-state index in [1.54, 1.807) is 22.7 Å². The van der Waals surface area contributed by atoms with Crippen molar-refractivity contribution < 1.29 is 4.79 Å². The molecule has 2 fully saturated rings. The van der Waals surface area contributed by atoms with Crippen molar-refractivity contribution in [2.45, 2.75) is 33.2 Å². The average Bonchev–Trinajstić information content (AvgIpc) is 3.10. The van der Waals surface area contributed by atoms with Crippen LogP contribution in [-0.4, -0.2) is 37.6 Å². The zero-order valence-corrected chi connectivity index (χ0v) is 21.9. The molecule has 2 aliphatic rings. The molecule has 2 aliphatic heterocycles. The number of carbonyl (C=O) groups excluding carboxylic acids is 1. The van der Waals surface area contributed by atoms with Crippen LogP contribution in [0.2, 0.25) is 5.02 Å². The lowest BCUT2D eigenvalue weighted by Crippen LogP contribution is -2.37. The molecule has 35 heavy (non-hydrogen) atoms. The summed E-state index contributed by atoms with van der Waals surface area (Å²) in [5.41, 5.74) is 2.60. The molecule has 180 valence electrons. The number of aryl methyl sites for hydroxylation is 1. The number of thioether (sulfide) groups is 1. The summed E-state index contributed by atoms with van der Waals surface area (Å²) in [7, 11) is 0. The minimum Gasteiger partial charge on any atom is -0.356 e. The topological polar surface area (TPSA) is 57.9 Å². The van der Waals surface area contributed by atoms with E-state index >= 15 is 0 Å². The molecule has 0 bridgehead atoms. The Morgan fingerprint density at radius 1 is 1.23 bits per heavy atom. The van der Waals surface area contributed by atoms with E-state index < -0.39 is 0 Å². The number of rotatable bonds is 4. The van der Waals surface area contributed by atoms with Crippen molar-refractivity contribution in [1.82, 2.24) is 14.3 Å². The van der Waals surface area contributed by atoms with E-state index in [0.29, 0.717) is 37.2 Å². The summed E-state index contributed by atoms with van der Waals surface area (Å²) in [6, 6.07) is 11.2. The lowest BCUT2D eigenvalue weighted by atomic mass is 10.00. The van der Waals surface area contributed by atoms with Crippen molar-refractivity contribution in [2.24, 2.45) is 5.92 Å². The van der Waals surface area contributed by atoms with Gasteiger partial charge in [-0.1, -0.05) is 66.8 Å². The second-order valence-electron chi connectivity index (χ2n) is 9.09. The first-order valence-electron chi connectivity index (χ1n) is 11.6. The van der Waals surface area contributed by atoms with E-state index in [2.05, 4.69) is 11.8 Å². The van der Waals surface area contributed by atoms with Gasteiger partial charge in [0.15, 0.2) is 0 Å². The lowest BCUT2D eigenvalue weighted by Gasteiger charge is -2.32. The average molecular weight is 525 g/mol. The van der Waals surface area contributed by atoms with Crippen molar-refractivity contribution in [1.29, 1.82) is 0 Å². The molecule has 0 aliphatic carbocycles. The molecule has 0 saturated carbocycles. The number of hydrogen-bond acceptors (Lipinski definition) is 6. The predicted molar refractivity (Wildman–Crippen MR) is 147 cm³/mol. The van der Waals surface area contributed by atoms with Gasteiger partial charge in [0.05, 0.1) is 17.0 Å². The summed E-state index contributed by atoms with van der Waals surface area (Å²) in [6.07, 6.45) is 5.58. The van der Waals surface area contributed by atoms with Gasteiger partial charge < -0.3 is 4.90 Å². The van der Waals surface area contributed by atoms with Crippen molar-refractivity contribution >= 4 is 63.3 Å². The van der Waals surface area contributed by atoms with Crippen LogP contribution in [0.25, 0.3) is 11.7 Å². The number of amides is 1.